The lowest BCUT2D eigenvalue weighted by Crippen LogP contribution is -2.36. The Labute approximate surface area is 153 Å². The van der Waals surface area contributed by atoms with Gasteiger partial charge in [0.05, 0.1) is 18.1 Å². The van der Waals surface area contributed by atoms with Crippen LogP contribution in [0.2, 0.25) is 0 Å². The van der Waals surface area contributed by atoms with Crippen molar-refractivity contribution in [3.8, 4) is 11.5 Å². The first-order valence-electron chi connectivity index (χ1n) is 8.84. The Kier molecular flexibility index (Phi) is 6.74. The lowest BCUT2D eigenvalue weighted by Gasteiger charge is -2.27. The molecule has 1 fully saturated rings. The van der Waals surface area contributed by atoms with Gasteiger partial charge in [-0.25, -0.2) is 0 Å². The molecule has 0 saturated carbocycles. The van der Waals surface area contributed by atoms with Gasteiger partial charge in [0.1, 0.15) is 0 Å². The average Bonchev–Trinajstić information content (AvgIpc) is 2.58. The number of ether oxygens (including phenoxy) is 2. The van der Waals surface area contributed by atoms with E-state index in [-0.39, 0.29) is 29.1 Å². The van der Waals surface area contributed by atoms with Gasteiger partial charge in [-0.1, -0.05) is 6.92 Å². The van der Waals surface area contributed by atoms with E-state index < -0.39 is 4.92 Å². The summed E-state index contributed by atoms with van der Waals surface area (Å²) >= 11 is 0. The Morgan fingerprint density at radius 1 is 1.38 bits per heavy atom. The molecule has 2 rings (SSSR count). The maximum absolute atomic E-state index is 12.2. The maximum Gasteiger partial charge on any atom is 0.315 e. The molecule has 0 unspecified atom stereocenters. The molecule has 0 aliphatic carbocycles. The number of nitrogens with zero attached hydrogens (tertiary/aromatic N) is 2. The Balaban J connectivity index is 2.44. The van der Waals surface area contributed by atoms with Crippen molar-refractivity contribution in [1.82, 2.24) is 4.90 Å². The van der Waals surface area contributed by atoms with E-state index in [0.717, 1.165) is 19.5 Å². The van der Waals surface area contributed by atoms with E-state index in [4.69, 9.17) is 9.47 Å². The van der Waals surface area contributed by atoms with E-state index >= 15 is 0 Å². The van der Waals surface area contributed by atoms with Crippen molar-refractivity contribution in [2.45, 2.75) is 39.7 Å². The van der Waals surface area contributed by atoms with Crippen molar-refractivity contribution >= 4 is 17.5 Å². The van der Waals surface area contributed by atoms with Crippen LogP contribution in [0.3, 0.4) is 0 Å². The molecule has 26 heavy (non-hydrogen) atoms. The summed E-state index contributed by atoms with van der Waals surface area (Å²) in [6.45, 7) is 7.93. The van der Waals surface area contributed by atoms with E-state index in [2.05, 4.69) is 11.8 Å². The van der Waals surface area contributed by atoms with E-state index in [1.54, 1.807) is 26.0 Å². The van der Waals surface area contributed by atoms with Gasteiger partial charge in [0.15, 0.2) is 11.5 Å². The molecule has 1 heterocycles. The van der Waals surface area contributed by atoms with Crippen LogP contribution in [0.25, 0.3) is 6.08 Å². The summed E-state index contributed by atoms with van der Waals surface area (Å²) in [6, 6.07) is 3.10. The molecule has 0 bridgehead atoms. The van der Waals surface area contributed by atoms with Crippen LogP contribution >= 0.6 is 0 Å². The minimum atomic E-state index is -0.492. The van der Waals surface area contributed by atoms with Crippen molar-refractivity contribution in [3.05, 3.63) is 33.4 Å². The lowest BCUT2D eigenvalue weighted by molar-refractivity contribution is -0.386. The van der Waals surface area contributed by atoms with Crippen LogP contribution in [0.15, 0.2) is 17.7 Å². The number of rotatable bonds is 7. The van der Waals surface area contributed by atoms with Crippen LogP contribution < -0.4 is 9.47 Å². The van der Waals surface area contributed by atoms with Gasteiger partial charge in [0, 0.05) is 31.1 Å². The fourth-order valence-corrected chi connectivity index (χ4v) is 3.00. The quantitative estimate of drug-likeness (QED) is 0.420. The monoisotopic (exact) mass is 362 g/mol. The van der Waals surface area contributed by atoms with E-state index in [1.165, 1.54) is 13.2 Å². The van der Waals surface area contributed by atoms with E-state index in [9.17, 15) is 14.9 Å². The number of likely N-dealkylation sites (tertiary alicyclic amines) is 1. The number of piperidine rings is 1. The van der Waals surface area contributed by atoms with Gasteiger partial charge in [0.2, 0.25) is 5.75 Å². The molecule has 1 aliphatic heterocycles. The second-order valence-electron chi connectivity index (χ2n) is 6.61. The molecule has 0 atom stereocenters. The highest BCUT2D eigenvalue weighted by Gasteiger charge is 2.25. The standard InChI is InChI=1S/C19H26N2O5/c1-5-7-20-8-6-17(22)15(12-20)9-14-10-16(21(23)24)19(26-13(2)3)18(11-14)25-4/h9-11,13H,5-8,12H2,1-4H3/b15-9+. The van der Waals surface area contributed by atoms with Gasteiger partial charge in [-0.3, -0.25) is 19.8 Å². The number of methoxy groups -OCH3 is 1. The summed E-state index contributed by atoms with van der Waals surface area (Å²) in [5.74, 6) is 0.479. The molecule has 1 aliphatic rings. The average molecular weight is 362 g/mol. The molecular formula is C19H26N2O5. The number of hydrogen-bond acceptors (Lipinski definition) is 6. The minimum absolute atomic E-state index is 0.0847. The Bertz CT molecular complexity index is 712. The van der Waals surface area contributed by atoms with Crippen molar-refractivity contribution < 1.29 is 19.2 Å². The smallest absolute Gasteiger partial charge is 0.315 e. The van der Waals surface area contributed by atoms with Gasteiger partial charge < -0.3 is 9.47 Å². The number of Topliss-reactive ketones (excluding diaryl/α,β-unsaturated/α-hetero) is 1. The molecule has 0 spiro atoms. The minimum Gasteiger partial charge on any atom is -0.493 e. The van der Waals surface area contributed by atoms with Crippen molar-refractivity contribution in [1.29, 1.82) is 0 Å². The van der Waals surface area contributed by atoms with Crippen LogP contribution in [-0.2, 0) is 4.79 Å². The molecule has 0 radical (unpaired) electrons. The van der Waals surface area contributed by atoms with Crippen LogP contribution in [0.4, 0.5) is 5.69 Å². The molecule has 7 heteroatoms. The molecule has 0 N–H and O–H groups in total. The number of carbonyl (C=O) groups is 1. The predicted molar refractivity (Wildman–Crippen MR) is 99.7 cm³/mol. The van der Waals surface area contributed by atoms with Crippen LogP contribution in [0, 0.1) is 10.1 Å². The third kappa shape index (κ3) is 4.82. The van der Waals surface area contributed by atoms with Crippen LogP contribution in [0.1, 0.15) is 39.2 Å². The second-order valence-corrected chi connectivity index (χ2v) is 6.61. The highest BCUT2D eigenvalue weighted by Crippen LogP contribution is 2.39. The molecule has 7 nitrogen and oxygen atoms in total. The molecular weight excluding hydrogens is 336 g/mol. The third-order valence-corrected chi connectivity index (χ3v) is 4.12. The predicted octanol–water partition coefficient (Wildman–Crippen LogP) is 3.46. The highest BCUT2D eigenvalue weighted by molar-refractivity contribution is 6.00. The Hall–Kier alpha value is -2.41. The Morgan fingerprint density at radius 3 is 2.69 bits per heavy atom. The lowest BCUT2D eigenvalue weighted by atomic mass is 9.99. The number of carbonyl (C=O) groups excluding carboxylic acids is 1. The topological polar surface area (TPSA) is 81.9 Å². The van der Waals surface area contributed by atoms with Crippen LogP contribution in [-0.4, -0.2) is 48.5 Å². The summed E-state index contributed by atoms with van der Waals surface area (Å²) in [5.41, 5.74) is 1.06. The Morgan fingerprint density at radius 2 is 2.12 bits per heavy atom. The van der Waals surface area contributed by atoms with Crippen molar-refractivity contribution in [2.24, 2.45) is 0 Å². The summed E-state index contributed by atoms with van der Waals surface area (Å²) in [6.07, 6.45) is 2.98. The molecule has 142 valence electrons. The van der Waals surface area contributed by atoms with Gasteiger partial charge >= 0.3 is 5.69 Å². The zero-order chi connectivity index (χ0) is 19.3. The molecule has 1 aromatic rings. The van der Waals surface area contributed by atoms with Gasteiger partial charge in [-0.15, -0.1) is 0 Å². The van der Waals surface area contributed by atoms with Crippen molar-refractivity contribution in [3.63, 3.8) is 0 Å². The number of benzene rings is 1. The summed E-state index contributed by atoms with van der Waals surface area (Å²) in [4.78, 5) is 25.5. The van der Waals surface area contributed by atoms with Crippen LogP contribution in [0.5, 0.6) is 11.5 Å². The zero-order valence-electron chi connectivity index (χ0n) is 15.8. The zero-order valence-corrected chi connectivity index (χ0v) is 15.8. The SMILES string of the molecule is CCCN1CCC(=O)/C(=C/c2cc(OC)c(OC(C)C)c([N+](=O)[O-])c2)C1. The van der Waals surface area contributed by atoms with Crippen molar-refractivity contribution in [2.75, 3.05) is 26.7 Å². The number of nitro groups is 1. The summed E-state index contributed by atoms with van der Waals surface area (Å²) in [5, 5.41) is 11.5. The van der Waals surface area contributed by atoms with E-state index in [0.29, 0.717) is 24.1 Å². The number of nitro benzene ring substituents is 1. The van der Waals surface area contributed by atoms with Gasteiger partial charge in [-0.05, 0) is 44.5 Å². The molecule has 0 amide bonds. The largest absolute Gasteiger partial charge is 0.493 e. The third-order valence-electron chi connectivity index (χ3n) is 4.12. The summed E-state index contributed by atoms with van der Waals surface area (Å²) in [7, 11) is 1.44. The molecule has 1 saturated heterocycles. The second kappa shape index (κ2) is 8.80. The first-order chi connectivity index (χ1) is 12.3. The summed E-state index contributed by atoms with van der Waals surface area (Å²) < 4.78 is 10.9. The fourth-order valence-electron chi connectivity index (χ4n) is 3.00. The number of hydrogen-bond donors (Lipinski definition) is 0. The fraction of sp³-hybridized carbons (Fsp3) is 0.526. The maximum atomic E-state index is 12.2. The first kappa shape index (κ1) is 19.9. The van der Waals surface area contributed by atoms with Gasteiger partial charge in [0.25, 0.3) is 0 Å². The highest BCUT2D eigenvalue weighted by atomic mass is 16.6. The van der Waals surface area contributed by atoms with E-state index in [1.807, 2.05) is 0 Å². The molecule has 1 aromatic carbocycles. The normalized spacial score (nSPS) is 17.0. The van der Waals surface area contributed by atoms with Gasteiger partial charge in [-0.2, -0.15) is 0 Å². The molecule has 0 aromatic heterocycles. The first-order valence-corrected chi connectivity index (χ1v) is 8.84. The number of ketones is 1.